The van der Waals surface area contributed by atoms with Gasteiger partial charge in [0.15, 0.2) is 0 Å². The van der Waals surface area contributed by atoms with Crippen molar-refractivity contribution in [1.82, 2.24) is 5.32 Å². The maximum Gasteiger partial charge on any atom is 0.119 e. The first kappa shape index (κ1) is 11.6. The topological polar surface area (TPSA) is 21.3 Å². The standard InChI is InChI=1S/C14H21NO/c1-4-14(5-2)15-11(3)13(16-14)12-9-7-6-8-10-12/h6-11,13,15H,4-5H2,1-3H3/t11-,13-/m0/s1. The predicted molar refractivity (Wildman–Crippen MR) is 66.2 cm³/mol. The van der Waals surface area contributed by atoms with Crippen molar-refractivity contribution in [2.24, 2.45) is 0 Å². The van der Waals surface area contributed by atoms with Gasteiger partial charge in [0.25, 0.3) is 0 Å². The number of benzene rings is 1. The molecule has 0 aliphatic carbocycles. The Morgan fingerprint density at radius 1 is 1.19 bits per heavy atom. The summed E-state index contributed by atoms with van der Waals surface area (Å²) in [5, 5.41) is 3.59. The van der Waals surface area contributed by atoms with Gasteiger partial charge >= 0.3 is 0 Å². The SMILES string of the molecule is CCC1(CC)N[C@@H](C)[C@@H](c2ccccc2)O1. The Morgan fingerprint density at radius 3 is 2.31 bits per heavy atom. The van der Waals surface area contributed by atoms with E-state index in [1.54, 1.807) is 0 Å². The summed E-state index contributed by atoms with van der Waals surface area (Å²) >= 11 is 0. The van der Waals surface area contributed by atoms with E-state index in [1.165, 1.54) is 5.56 Å². The molecule has 0 aromatic heterocycles. The lowest BCUT2D eigenvalue weighted by molar-refractivity contribution is -0.0577. The number of hydrogen-bond acceptors (Lipinski definition) is 2. The highest BCUT2D eigenvalue weighted by molar-refractivity contribution is 5.20. The minimum atomic E-state index is -0.125. The molecule has 0 radical (unpaired) electrons. The summed E-state index contributed by atoms with van der Waals surface area (Å²) in [6, 6.07) is 10.9. The fraction of sp³-hybridized carbons (Fsp3) is 0.571. The second kappa shape index (κ2) is 4.56. The summed E-state index contributed by atoms with van der Waals surface area (Å²) in [6.45, 7) is 6.55. The van der Waals surface area contributed by atoms with Crippen molar-refractivity contribution in [3.8, 4) is 0 Å². The molecule has 1 heterocycles. The lowest BCUT2D eigenvalue weighted by Crippen LogP contribution is -2.42. The zero-order valence-electron chi connectivity index (χ0n) is 10.4. The number of nitrogens with one attached hydrogen (secondary N) is 1. The molecule has 1 saturated heterocycles. The third kappa shape index (κ3) is 2.00. The van der Waals surface area contributed by atoms with Crippen molar-refractivity contribution in [3.05, 3.63) is 35.9 Å². The summed E-state index contributed by atoms with van der Waals surface area (Å²) in [6.07, 6.45) is 2.20. The highest BCUT2D eigenvalue weighted by Crippen LogP contribution is 2.36. The monoisotopic (exact) mass is 219 g/mol. The van der Waals surface area contributed by atoms with E-state index in [1.807, 2.05) is 6.07 Å². The number of rotatable bonds is 3. The average molecular weight is 219 g/mol. The van der Waals surface area contributed by atoms with Gasteiger partial charge in [-0.25, -0.2) is 0 Å². The Labute approximate surface area is 98.0 Å². The smallest absolute Gasteiger partial charge is 0.119 e. The molecule has 1 aromatic rings. The van der Waals surface area contributed by atoms with E-state index in [2.05, 4.69) is 50.4 Å². The third-order valence-corrected chi connectivity index (χ3v) is 3.57. The Morgan fingerprint density at radius 2 is 1.81 bits per heavy atom. The number of ether oxygens (including phenoxy) is 1. The normalized spacial score (nSPS) is 28.2. The fourth-order valence-corrected chi connectivity index (χ4v) is 2.49. The van der Waals surface area contributed by atoms with Gasteiger partial charge in [-0.15, -0.1) is 0 Å². The van der Waals surface area contributed by atoms with Crippen molar-refractivity contribution in [3.63, 3.8) is 0 Å². The van der Waals surface area contributed by atoms with Gasteiger partial charge in [0.05, 0.1) is 6.10 Å². The van der Waals surface area contributed by atoms with Crippen LogP contribution < -0.4 is 5.32 Å². The van der Waals surface area contributed by atoms with Crippen LogP contribution in [0.25, 0.3) is 0 Å². The van der Waals surface area contributed by atoms with Crippen molar-refractivity contribution >= 4 is 0 Å². The Hall–Kier alpha value is -0.860. The second-order valence-corrected chi connectivity index (χ2v) is 4.58. The first-order valence-corrected chi connectivity index (χ1v) is 6.21. The summed E-state index contributed by atoms with van der Waals surface area (Å²) in [7, 11) is 0. The van der Waals surface area contributed by atoms with E-state index in [0.29, 0.717) is 6.04 Å². The van der Waals surface area contributed by atoms with Crippen molar-refractivity contribution in [2.75, 3.05) is 0 Å². The maximum absolute atomic E-state index is 6.23. The quantitative estimate of drug-likeness (QED) is 0.842. The van der Waals surface area contributed by atoms with Crippen molar-refractivity contribution < 1.29 is 4.74 Å². The molecule has 1 N–H and O–H groups in total. The van der Waals surface area contributed by atoms with Crippen LogP contribution in [0.1, 0.15) is 45.3 Å². The third-order valence-electron chi connectivity index (χ3n) is 3.57. The molecule has 0 amide bonds. The zero-order valence-corrected chi connectivity index (χ0v) is 10.4. The Bertz CT molecular complexity index is 332. The minimum absolute atomic E-state index is 0.125. The molecule has 0 saturated carbocycles. The van der Waals surface area contributed by atoms with Gasteiger partial charge in [-0.05, 0) is 25.3 Å². The molecule has 2 nitrogen and oxygen atoms in total. The second-order valence-electron chi connectivity index (χ2n) is 4.58. The molecule has 1 aliphatic heterocycles. The molecule has 1 fully saturated rings. The molecule has 0 unspecified atom stereocenters. The van der Waals surface area contributed by atoms with Crippen LogP contribution in [0.5, 0.6) is 0 Å². The molecule has 1 aromatic carbocycles. The molecular formula is C14H21NO. The van der Waals surface area contributed by atoms with E-state index < -0.39 is 0 Å². The van der Waals surface area contributed by atoms with E-state index in [4.69, 9.17) is 4.74 Å². The van der Waals surface area contributed by atoms with Crippen LogP contribution in [0.3, 0.4) is 0 Å². The van der Waals surface area contributed by atoms with Crippen LogP contribution in [0, 0.1) is 0 Å². The van der Waals surface area contributed by atoms with Crippen LogP contribution in [-0.2, 0) is 4.74 Å². The summed E-state index contributed by atoms with van der Waals surface area (Å²) < 4.78 is 6.23. The van der Waals surface area contributed by atoms with Crippen molar-refractivity contribution in [1.29, 1.82) is 0 Å². The van der Waals surface area contributed by atoms with Crippen LogP contribution >= 0.6 is 0 Å². The first-order chi connectivity index (χ1) is 7.71. The molecule has 16 heavy (non-hydrogen) atoms. The zero-order chi connectivity index (χ0) is 11.6. The maximum atomic E-state index is 6.23. The molecule has 1 aliphatic rings. The minimum Gasteiger partial charge on any atom is -0.351 e. The summed E-state index contributed by atoms with van der Waals surface area (Å²) in [4.78, 5) is 0. The average Bonchev–Trinajstić information content (AvgIpc) is 2.69. The van der Waals surface area contributed by atoms with Crippen molar-refractivity contribution in [2.45, 2.75) is 51.5 Å². The Kier molecular flexibility index (Phi) is 3.31. The van der Waals surface area contributed by atoms with Gasteiger partial charge in [-0.1, -0.05) is 44.2 Å². The highest BCUT2D eigenvalue weighted by atomic mass is 16.5. The lowest BCUT2D eigenvalue weighted by Gasteiger charge is -2.26. The van der Waals surface area contributed by atoms with Gasteiger partial charge < -0.3 is 4.74 Å². The molecule has 2 atom stereocenters. The predicted octanol–water partition coefficient (Wildman–Crippen LogP) is 3.25. The van der Waals surface area contributed by atoms with E-state index in [-0.39, 0.29) is 11.8 Å². The molecule has 0 spiro atoms. The van der Waals surface area contributed by atoms with Gasteiger partial charge in [-0.3, -0.25) is 5.32 Å². The first-order valence-electron chi connectivity index (χ1n) is 6.21. The fourth-order valence-electron chi connectivity index (χ4n) is 2.49. The van der Waals surface area contributed by atoms with Gasteiger partial charge in [0.1, 0.15) is 5.72 Å². The van der Waals surface area contributed by atoms with E-state index in [9.17, 15) is 0 Å². The molecule has 2 rings (SSSR count). The number of hydrogen-bond donors (Lipinski definition) is 1. The molecule has 2 heteroatoms. The van der Waals surface area contributed by atoms with Crippen LogP contribution in [0.4, 0.5) is 0 Å². The molecular weight excluding hydrogens is 198 g/mol. The summed E-state index contributed by atoms with van der Waals surface area (Å²) in [5.41, 5.74) is 1.14. The largest absolute Gasteiger partial charge is 0.351 e. The summed E-state index contributed by atoms with van der Waals surface area (Å²) in [5.74, 6) is 0. The lowest BCUT2D eigenvalue weighted by atomic mass is 10.0. The van der Waals surface area contributed by atoms with E-state index >= 15 is 0 Å². The van der Waals surface area contributed by atoms with Crippen LogP contribution in [0.15, 0.2) is 30.3 Å². The van der Waals surface area contributed by atoms with E-state index in [0.717, 1.165) is 12.8 Å². The van der Waals surface area contributed by atoms with Crippen LogP contribution in [-0.4, -0.2) is 11.8 Å². The molecule has 88 valence electrons. The van der Waals surface area contributed by atoms with Gasteiger partial charge in [0.2, 0.25) is 0 Å². The Balaban J connectivity index is 2.20. The molecule has 0 bridgehead atoms. The highest BCUT2D eigenvalue weighted by Gasteiger charge is 2.41. The van der Waals surface area contributed by atoms with Crippen LogP contribution in [0.2, 0.25) is 0 Å². The van der Waals surface area contributed by atoms with Gasteiger partial charge in [-0.2, -0.15) is 0 Å². The van der Waals surface area contributed by atoms with Gasteiger partial charge in [0, 0.05) is 6.04 Å².